The highest BCUT2D eigenvalue weighted by molar-refractivity contribution is 6.42. The zero-order valence-corrected chi connectivity index (χ0v) is 15.9. The van der Waals surface area contributed by atoms with Crippen molar-refractivity contribution in [3.8, 4) is 5.75 Å². The Bertz CT molecular complexity index is 856. The first-order valence-corrected chi connectivity index (χ1v) is 8.89. The second-order valence-corrected chi connectivity index (χ2v) is 6.81. The van der Waals surface area contributed by atoms with E-state index in [0.29, 0.717) is 34.4 Å². The molecule has 1 aliphatic heterocycles. The number of carbonyl (C=O) groups is 2. The maximum Gasteiger partial charge on any atom is 0.254 e. The van der Waals surface area contributed by atoms with Gasteiger partial charge in [0.25, 0.3) is 5.91 Å². The molecule has 0 radical (unpaired) electrons. The fourth-order valence-electron chi connectivity index (χ4n) is 2.98. The first kappa shape index (κ1) is 18.5. The van der Waals surface area contributed by atoms with Crippen molar-refractivity contribution >= 4 is 40.7 Å². The Labute approximate surface area is 162 Å². The normalized spacial score (nSPS) is 17.4. The zero-order chi connectivity index (χ0) is 18.8. The molecule has 0 bridgehead atoms. The van der Waals surface area contributed by atoms with Crippen LogP contribution in [-0.4, -0.2) is 43.0 Å². The SMILES string of the molecule is COc1cccc(N2CCN(C(=O)c3ccc(Cl)c(Cl)c3)[C@H](C)C2=O)c1. The van der Waals surface area contributed by atoms with Gasteiger partial charge in [-0.25, -0.2) is 0 Å². The molecule has 2 aromatic carbocycles. The fourth-order valence-corrected chi connectivity index (χ4v) is 3.28. The summed E-state index contributed by atoms with van der Waals surface area (Å²) >= 11 is 11.9. The van der Waals surface area contributed by atoms with Gasteiger partial charge in [-0.05, 0) is 37.3 Å². The van der Waals surface area contributed by atoms with Gasteiger partial charge >= 0.3 is 0 Å². The Balaban J connectivity index is 1.80. The monoisotopic (exact) mass is 392 g/mol. The lowest BCUT2D eigenvalue weighted by Gasteiger charge is -2.39. The molecule has 1 aliphatic rings. The van der Waals surface area contributed by atoms with E-state index >= 15 is 0 Å². The molecule has 1 atom stereocenters. The van der Waals surface area contributed by atoms with Gasteiger partial charge in [0, 0.05) is 30.4 Å². The van der Waals surface area contributed by atoms with E-state index in [1.54, 1.807) is 42.0 Å². The van der Waals surface area contributed by atoms with Crippen molar-refractivity contribution in [1.29, 1.82) is 0 Å². The van der Waals surface area contributed by atoms with E-state index in [0.717, 1.165) is 5.69 Å². The Hall–Kier alpha value is -2.24. The van der Waals surface area contributed by atoms with Crippen LogP contribution in [0.15, 0.2) is 42.5 Å². The van der Waals surface area contributed by atoms with Crippen LogP contribution < -0.4 is 9.64 Å². The van der Waals surface area contributed by atoms with Crippen LogP contribution in [0.4, 0.5) is 5.69 Å². The Morgan fingerprint density at radius 3 is 2.58 bits per heavy atom. The first-order valence-electron chi connectivity index (χ1n) is 8.14. The van der Waals surface area contributed by atoms with Gasteiger partial charge in [-0.15, -0.1) is 0 Å². The average Bonchev–Trinajstić information content (AvgIpc) is 2.65. The number of rotatable bonds is 3. The predicted octanol–water partition coefficient (Wildman–Crippen LogP) is 3.88. The number of amides is 2. The van der Waals surface area contributed by atoms with Gasteiger partial charge in [0.1, 0.15) is 11.8 Å². The van der Waals surface area contributed by atoms with E-state index in [4.69, 9.17) is 27.9 Å². The van der Waals surface area contributed by atoms with Crippen LogP contribution in [0.2, 0.25) is 10.0 Å². The standard InChI is InChI=1S/C19H18Cl2N2O3/c1-12-18(24)23(14-4-3-5-15(11-14)26-2)9-8-22(12)19(25)13-6-7-16(20)17(21)10-13/h3-7,10-12H,8-9H2,1-2H3/t12-/m1/s1. The number of nitrogens with zero attached hydrogens (tertiary/aromatic N) is 2. The van der Waals surface area contributed by atoms with E-state index in [9.17, 15) is 9.59 Å². The van der Waals surface area contributed by atoms with Crippen molar-refractivity contribution in [3.05, 3.63) is 58.1 Å². The van der Waals surface area contributed by atoms with Gasteiger partial charge in [-0.1, -0.05) is 29.3 Å². The number of anilines is 1. The summed E-state index contributed by atoms with van der Waals surface area (Å²) in [7, 11) is 1.58. The number of hydrogen-bond donors (Lipinski definition) is 0. The largest absolute Gasteiger partial charge is 0.497 e. The third kappa shape index (κ3) is 3.50. The highest BCUT2D eigenvalue weighted by Crippen LogP contribution is 2.27. The van der Waals surface area contributed by atoms with E-state index in [-0.39, 0.29) is 11.8 Å². The lowest BCUT2D eigenvalue weighted by molar-refractivity contribution is -0.124. The van der Waals surface area contributed by atoms with Crippen molar-refractivity contribution in [2.45, 2.75) is 13.0 Å². The molecule has 1 saturated heterocycles. The van der Waals surface area contributed by atoms with Crippen LogP contribution in [0.25, 0.3) is 0 Å². The number of ether oxygens (including phenoxy) is 1. The lowest BCUT2D eigenvalue weighted by atomic mass is 10.1. The summed E-state index contributed by atoms with van der Waals surface area (Å²) in [6, 6.07) is 11.4. The summed E-state index contributed by atoms with van der Waals surface area (Å²) in [5.74, 6) is 0.296. The van der Waals surface area contributed by atoms with Crippen molar-refractivity contribution in [2.75, 3.05) is 25.1 Å². The second-order valence-electron chi connectivity index (χ2n) is 5.99. The molecule has 136 valence electrons. The molecule has 3 rings (SSSR count). The summed E-state index contributed by atoms with van der Waals surface area (Å²) in [6.45, 7) is 2.55. The maximum absolute atomic E-state index is 12.8. The molecular formula is C19H18Cl2N2O3. The highest BCUT2D eigenvalue weighted by atomic mass is 35.5. The van der Waals surface area contributed by atoms with Gasteiger partial charge in [-0.2, -0.15) is 0 Å². The number of benzene rings is 2. The molecule has 0 aromatic heterocycles. The van der Waals surface area contributed by atoms with E-state index in [1.165, 1.54) is 6.07 Å². The summed E-state index contributed by atoms with van der Waals surface area (Å²) < 4.78 is 5.22. The average molecular weight is 393 g/mol. The lowest BCUT2D eigenvalue weighted by Crippen LogP contribution is -2.57. The first-order chi connectivity index (χ1) is 12.4. The van der Waals surface area contributed by atoms with E-state index in [1.807, 2.05) is 18.2 Å². The van der Waals surface area contributed by atoms with Crippen molar-refractivity contribution in [1.82, 2.24) is 4.90 Å². The zero-order valence-electron chi connectivity index (χ0n) is 14.4. The third-order valence-electron chi connectivity index (χ3n) is 4.45. The van der Waals surface area contributed by atoms with Crippen molar-refractivity contribution in [3.63, 3.8) is 0 Å². The molecule has 1 fully saturated rings. The van der Waals surface area contributed by atoms with Gasteiger partial charge in [0.2, 0.25) is 5.91 Å². The van der Waals surface area contributed by atoms with Crippen LogP contribution >= 0.6 is 23.2 Å². The number of halogens is 2. The molecule has 7 heteroatoms. The molecule has 0 unspecified atom stereocenters. The Morgan fingerprint density at radius 1 is 1.12 bits per heavy atom. The number of hydrogen-bond acceptors (Lipinski definition) is 3. The smallest absolute Gasteiger partial charge is 0.254 e. The summed E-state index contributed by atoms with van der Waals surface area (Å²) in [6.07, 6.45) is 0. The molecule has 26 heavy (non-hydrogen) atoms. The molecule has 0 aliphatic carbocycles. The molecule has 0 N–H and O–H groups in total. The quantitative estimate of drug-likeness (QED) is 0.796. The highest BCUT2D eigenvalue weighted by Gasteiger charge is 2.35. The van der Waals surface area contributed by atoms with Gasteiger partial charge in [0.05, 0.1) is 17.2 Å². The van der Waals surface area contributed by atoms with Crippen molar-refractivity contribution < 1.29 is 14.3 Å². The Kier molecular flexibility index (Phi) is 5.39. The van der Waals surface area contributed by atoms with Crippen molar-refractivity contribution in [2.24, 2.45) is 0 Å². The third-order valence-corrected chi connectivity index (χ3v) is 5.19. The minimum atomic E-state index is -0.586. The Morgan fingerprint density at radius 2 is 1.88 bits per heavy atom. The van der Waals surface area contributed by atoms with E-state index in [2.05, 4.69) is 0 Å². The van der Waals surface area contributed by atoms with E-state index < -0.39 is 6.04 Å². The summed E-state index contributed by atoms with van der Waals surface area (Å²) in [4.78, 5) is 28.9. The maximum atomic E-state index is 12.8. The molecule has 2 aromatic rings. The summed E-state index contributed by atoms with van der Waals surface area (Å²) in [5.41, 5.74) is 1.16. The second kappa shape index (κ2) is 7.56. The predicted molar refractivity (Wildman–Crippen MR) is 102 cm³/mol. The van der Waals surface area contributed by atoms with Crippen LogP contribution in [0.5, 0.6) is 5.75 Å². The van der Waals surface area contributed by atoms with Crippen LogP contribution in [0.3, 0.4) is 0 Å². The minimum Gasteiger partial charge on any atom is -0.497 e. The van der Waals surface area contributed by atoms with Crippen LogP contribution in [-0.2, 0) is 4.79 Å². The van der Waals surface area contributed by atoms with Crippen LogP contribution in [0, 0.1) is 0 Å². The molecular weight excluding hydrogens is 375 g/mol. The van der Waals surface area contributed by atoms with Crippen LogP contribution in [0.1, 0.15) is 17.3 Å². The number of carbonyl (C=O) groups excluding carboxylic acids is 2. The fraction of sp³-hybridized carbons (Fsp3) is 0.263. The number of piperazine rings is 1. The van der Waals surface area contributed by atoms with Gasteiger partial charge < -0.3 is 14.5 Å². The minimum absolute atomic E-state index is 0.141. The number of methoxy groups -OCH3 is 1. The van der Waals surface area contributed by atoms with Gasteiger partial charge in [0.15, 0.2) is 0 Å². The molecule has 0 saturated carbocycles. The molecule has 0 spiro atoms. The molecule has 2 amide bonds. The molecule has 1 heterocycles. The van der Waals surface area contributed by atoms with Gasteiger partial charge in [-0.3, -0.25) is 9.59 Å². The topological polar surface area (TPSA) is 49.9 Å². The summed E-state index contributed by atoms with van der Waals surface area (Å²) in [5, 5.41) is 0.696. The molecule has 5 nitrogen and oxygen atoms in total.